The van der Waals surface area contributed by atoms with Crippen molar-refractivity contribution in [3.63, 3.8) is 0 Å². The molecule has 3 atom stereocenters. The van der Waals surface area contributed by atoms with E-state index in [1.165, 1.54) is 6.42 Å². The summed E-state index contributed by atoms with van der Waals surface area (Å²) in [7, 11) is 0. The second kappa shape index (κ2) is 7.45. The normalized spacial score (nSPS) is 28.9. The zero-order valence-corrected chi connectivity index (χ0v) is 16.7. The molecule has 27 heavy (non-hydrogen) atoms. The number of carbonyl (C=O) groups is 1. The molecule has 0 saturated carbocycles. The first-order valence-corrected chi connectivity index (χ1v) is 10.3. The smallest absolute Gasteiger partial charge is 0.241 e. The van der Waals surface area contributed by atoms with Gasteiger partial charge in [0.05, 0.1) is 5.69 Å². The Balaban J connectivity index is 1.40. The molecule has 3 aliphatic rings. The molecule has 4 rings (SSSR count). The second-order valence-electron chi connectivity index (χ2n) is 9.25. The monoisotopic (exact) mass is 372 g/mol. The van der Waals surface area contributed by atoms with Crippen LogP contribution in [0.15, 0.2) is 6.20 Å². The van der Waals surface area contributed by atoms with Crippen molar-refractivity contribution < 1.29 is 4.79 Å². The minimum Gasteiger partial charge on any atom is -0.336 e. The molecule has 2 saturated heterocycles. The van der Waals surface area contributed by atoms with Gasteiger partial charge < -0.3 is 10.2 Å². The topological polar surface area (TPSA) is 82.2 Å². The van der Waals surface area contributed by atoms with Crippen LogP contribution >= 0.6 is 0 Å². The molecular formula is C20H32N6O. The number of hydrogen-bond donors (Lipinski definition) is 3. The quantitative estimate of drug-likeness (QED) is 0.721. The van der Waals surface area contributed by atoms with E-state index in [-0.39, 0.29) is 17.4 Å². The van der Waals surface area contributed by atoms with Gasteiger partial charge in [0.25, 0.3) is 0 Å². The van der Waals surface area contributed by atoms with Crippen molar-refractivity contribution in [3.05, 3.63) is 23.3 Å². The van der Waals surface area contributed by atoms with E-state index in [0.29, 0.717) is 18.5 Å². The van der Waals surface area contributed by atoms with Crippen molar-refractivity contribution in [2.45, 2.75) is 71.0 Å². The summed E-state index contributed by atoms with van der Waals surface area (Å²) in [5.74, 6) is 1.57. The van der Waals surface area contributed by atoms with Crippen LogP contribution in [-0.4, -0.2) is 52.5 Å². The Morgan fingerprint density at radius 3 is 2.85 bits per heavy atom. The number of fused-ring (bicyclic) bond motifs is 1. The van der Waals surface area contributed by atoms with E-state index >= 15 is 0 Å². The average molecular weight is 373 g/mol. The lowest BCUT2D eigenvalue weighted by atomic mass is 9.84. The van der Waals surface area contributed by atoms with E-state index in [9.17, 15) is 4.79 Å². The Labute approximate surface area is 161 Å². The molecule has 0 bridgehead atoms. The van der Waals surface area contributed by atoms with Crippen LogP contribution in [0.4, 0.5) is 0 Å². The number of rotatable bonds is 2. The number of hydrogen-bond acceptors (Lipinski definition) is 6. The van der Waals surface area contributed by atoms with Crippen LogP contribution in [0.2, 0.25) is 0 Å². The molecule has 4 heterocycles. The first-order valence-electron chi connectivity index (χ1n) is 10.3. The van der Waals surface area contributed by atoms with Crippen LogP contribution in [-0.2, 0) is 17.8 Å². The summed E-state index contributed by atoms with van der Waals surface area (Å²) in [5.41, 5.74) is 8.86. The number of aromatic nitrogens is 2. The Morgan fingerprint density at radius 2 is 2.15 bits per heavy atom. The van der Waals surface area contributed by atoms with E-state index in [2.05, 4.69) is 41.9 Å². The number of carbonyl (C=O) groups excluding carboxylic acids is 1. The lowest BCUT2D eigenvalue weighted by Gasteiger charge is -2.31. The van der Waals surface area contributed by atoms with Gasteiger partial charge >= 0.3 is 0 Å². The van der Waals surface area contributed by atoms with Gasteiger partial charge in [-0.1, -0.05) is 20.8 Å². The lowest BCUT2D eigenvalue weighted by Crippen LogP contribution is -2.47. The minimum absolute atomic E-state index is 0.134. The minimum atomic E-state index is -0.149. The van der Waals surface area contributed by atoms with Crippen LogP contribution in [0.1, 0.15) is 63.0 Å². The maximum Gasteiger partial charge on any atom is 0.241 e. The van der Waals surface area contributed by atoms with Crippen LogP contribution < -0.4 is 16.2 Å². The molecular weight excluding hydrogens is 340 g/mol. The highest BCUT2D eigenvalue weighted by Gasteiger charge is 2.38. The molecule has 7 heteroatoms. The molecule has 7 nitrogen and oxygen atoms in total. The van der Waals surface area contributed by atoms with Crippen LogP contribution in [0, 0.1) is 5.41 Å². The van der Waals surface area contributed by atoms with Gasteiger partial charge in [0.15, 0.2) is 0 Å². The van der Waals surface area contributed by atoms with Crippen molar-refractivity contribution in [1.82, 2.24) is 31.0 Å². The molecule has 1 aromatic rings. The highest BCUT2D eigenvalue weighted by Crippen LogP contribution is 2.27. The third-order valence-corrected chi connectivity index (χ3v) is 6.17. The standard InChI is InChI=1S/C20H32N6O/c1-20(2,3)17-9-16(24-25-17)19(27)26-8-6-15-14(12-26)11-22-18(23-15)13-5-4-7-21-10-13/h11,13,16-17,21,24-25H,4-10,12H2,1-3H3. The van der Waals surface area contributed by atoms with Crippen LogP contribution in [0.3, 0.4) is 0 Å². The van der Waals surface area contributed by atoms with Gasteiger partial charge in [-0.15, -0.1) is 0 Å². The van der Waals surface area contributed by atoms with Gasteiger partial charge in [-0.25, -0.2) is 15.4 Å². The average Bonchev–Trinajstić information content (AvgIpc) is 3.18. The van der Waals surface area contributed by atoms with Crippen molar-refractivity contribution in [2.24, 2.45) is 5.41 Å². The first kappa shape index (κ1) is 18.8. The lowest BCUT2D eigenvalue weighted by molar-refractivity contribution is -0.134. The van der Waals surface area contributed by atoms with Gasteiger partial charge in [0.2, 0.25) is 5.91 Å². The van der Waals surface area contributed by atoms with Crippen LogP contribution in [0.25, 0.3) is 0 Å². The molecule has 0 aromatic carbocycles. The summed E-state index contributed by atoms with van der Waals surface area (Å²) in [6.07, 6.45) is 5.94. The van der Waals surface area contributed by atoms with Gasteiger partial charge in [0.1, 0.15) is 11.9 Å². The molecule has 3 N–H and O–H groups in total. The number of nitrogens with zero attached hydrogens (tertiary/aromatic N) is 3. The Hall–Kier alpha value is -1.57. The largest absolute Gasteiger partial charge is 0.336 e. The van der Waals surface area contributed by atoms with Crippen molar-refractivity contribution >= 4 is 5.91 Å². The number of piperidine rings is 1. The molecule has 3 unspecified atom stereocenters. The molecule has 1 aromatic heterocycles. The summed E-state index contributed by atoms with van der Waals surface area (Å²) in [5, 5.41) is 3.43. The zero-order chi connectivity index (χ0) is 19.0. The fourth-order valence-corrected chi connectivity index (χ4v) is 4.30. The van der Waals surface area contributed by atoms with E-state index < -0.39 is 0 Å². The van der Waals surface area contributed by atoms with Crippen molar-refractivity contribution in [3.8, 4) is 0 Å². The number of hydrazine groups is 1. The summed E-state index contributed by atoms with van der Waals surface area (Å²) >= 11 is 0. The fraction of sp³-hybridized carbons (Fsp3) is 0.750. The molecule has 1 amide bonds. The van der Waals surface area contributed by atoms with E-state index in [0.717, 1.165) is 56.0 Å². The predicted molar refractivity (Wildman–Crippen MR) is 104 cm³/mol. The molecule has 0 spiro atoms. The summed E-state index contributed by atoms with van der Waals surface area (Å²) < 4.78 is 0. The van der Waals surface area contributed by atoms with Gasteiger partial charge in [-0.2, -0.15) is 0 Å². The Morgan fingerprint density at radius 1 is 1.30 bits per heavy atom. The SMILES string of the molecule is CC(C)(C)C1CC(C(=O)N2CCc3nc(C4CCCNC4)ncc3C2)NN1. The van der Waals surface area contributed by atoms with E-state index in [1.807, 2.05) is 11.1 Å². The van der Waals surface area contributed by atoms with Crippen molar-refractivity contribution in [2.75, 3.05) is 19.6 Å². The molecule has 2 fully saturated rings. The van der Waals surface area contributed by atoms with Gasteiger partial charge in [0, 0.05) is 49.8 Å². The Kier molecular flexibility index (Phi) is 5.18. The third kappa shape index (κ3) is 4.00. The molecule has 148 valence electrons. The van der Waals surface area contributed by atoms with Crippen molar-refractivity contribution in [1.29, 1.82) is 0 Å². The highest BCUT2D eigenvalue weighted by molar-refractivity contribution is 5.82. The Bertz CT molecular complexity index is 694. The zero-order valence-electron chi connectivity index (χ0n) is 16.7. The highest BCUT2D eigenvalue weighted by atomic mass is 16.2. The summed E-state index contributed by atoms with van der Waals surface area (Å²) in [6, 6.07) is 0.155. The summed E-state index contributed by atoms with van der Waals surface area (Å²) in [4.78, 5) is 24.4. The third-order valence-electron chi connectivity index (χ3n) is 6.17. The number of amides is 1. The van der Waals surface area contributed by atoms with Gasteiger partial charge in [-0.3, -0.25) is 10.2 Å². The molecule has 0 aliphatic carbocycles. The predicted octanol–water partition coefficient (Wildman–Crippen LogP) is 1.11. The first-order chi connectivity index (χ1) is 12.9. The molecule has 0 radical (unpaired) electrons. The van der Waals surface area contributed by atoms with E-state index in [1.54, 1.807) is 0 Å². The molecule has 3 aliphatic heterocycles. The van der Waals surface area contributed by atoms with E-state index in [4.69, 9.17) is 4.98 Å². The van der Waals surface area contributed by atoms with Gasteiger partial charge in [-0.05, 0) is 31.2 Å². The maximum absolute atomic E-state index is 13.0. The van der Waals surface area contributed by atoms with Crippen LogP contribution in [0.5, 0.6) is 0 Å². The maximum atomic E-state index is 13.0. The summed E-state index contributed by atoms with van der Waals surface area (Å²) in [6.45, 7) is 10.0. The fourth-order valence-electron chi connectivity index (χ4n) is 4.30. The number of nitrogens with one attached hydrogen (secondary N) is 3. The second-order valence-corrected chi connectivity index (χ2v) is 9.25.